The van der Waals surface area contributed by atoms with Crippen LogP contribution in [0.25, 0.3) is 0 Å². The molecular weight excluding hydrogens is 348 g/mol. The lowest BCUT2D eigenvalue weighted by molar-refractivity contribution is -0.137. The number of rotatable bonds is 7. The van der Waals surface area contributed by atoms with E-state index in [1.165, 1.54) is 0 Å². The van der Waals surface area contributed by atoms with E-state index in [2.05, 4.69) is 16.9 Å². The summed E-state index contributed by atoms with van der Waals surface area (Å²) in [5, 5.41) is 13.3. The maximum absolute atomic E-state index is 12.7. The van der Waals surface area contributed by atoms with Gasteiger partial charge in [0.15, 0.2) is 0 Å². The summed E-state index contributed by atoms with van der Waals surface area (Å²) >= 11 is 0. The van der Waals surface area contributed by atoms with E-state index in [9.17, 15) is 9.59 Å². The molecule has 1 aromatic heterocycles. The van der Waals surface area contributed by atoms with Crippen molar-refractivity contribution in [2.75, 3.05) is 32.8 Å². The van der Waals surface area contributed by atoms with Crippen LogP contribution >= 0.6 is 0 Å². The van der Waals surface area contributed by atoms with Crippen LogP contribution < -0.4 is 0 Å². The third-order valence-electron chi connectivity index (χ3n) is 5.46. The van der Waals surface area contributed by atoms with E-state index in [0.29, 0.717) is 25.4 Å². The number of hydrogen-bond acceptors (Lipinski definition) is 5. The maximum Gasteiger partial charge on any atom is 0.303 e. The van der Waals surface area contributed by atoms with Crippen LogP contribution in [0.3, 0.4) is 0 Å². The van der Waals surface area contributed by atoms with Crippen LogP contribution in [0.15, 0.2) is 6.07 Å². The highest BCUT2D eigenvalue weighted by molar-refractivity contribution is 5.76. The number of carbonyl (C=O) groups is 2. The van der Waals surface area contributed by atoms with Crippen molar-refractivity contribution >= 4 is 11.9 Å². The second-order valence-corrected chi connectivity index (χ2v) is 7.45. The highest BCUT2D eigenvalue weighted by Crippen LogP contribution is 2.17. The number of nitrogens with zero attached hydrogens (tertiary/aromatic N) is 4. The second-order valence-electron chi connectivity index (χ2n) is 7.45. The van der Waals surface area contributed by atoms with Gasteiger partial charge in [-0.15, -0.1) is 0 Å². The average Bonchev–Trinajstić information content (AvgIpc) is 2.95. The molecule has 0 saturated carbocycles. The van der Waals surface area contributed by atoms with Gasteiger partial charge in [-0.25, -0.2) is 0 Å². The fourth-order valence-electron chi connectivity index (χ4n) is 3.78. The minimum absolute atomic E-state index is 0.0819. The minimum Gasteiger partial charge on any atom is -0.481 e. The first-order valence-corrected chi connectivity index (χ1v) is 9.90. The number of amides is 1. The van der Waals surface area contributed by atoms with Crippen molar-refractivity contribution in [3.05, 3.63) is 17.5 Å². The van der Waals surface area contributed by atoms with Crippen LogP contribution in [-0.2, 0) is 33.8 Å². The molecule has 8 nitrogen and oxygen atoms in total. The second kappa shape index (κ2) is 9.32. The lowest BCUT2D eigenvalue weighted by Crippen LogP contribution is -2.42. The summed E-state index contributed by atoms with van der Waals surface area (Å²) in [5.74, 6) is -0.624. The Morgan fingerprint density at radius 3 is 2.74 bits per heavy atom. The summed E-state index contributed by atoms with van der Waals surface area (Å²) in [6.07, 6.45) is 2.80. The van der Waals surface area contributed by atoms with Gasteiger partial charge >= 0.3 is 5.97 Å². The summed E-state index contributed by atoms with van der Waals surface area (Å²) in [6, 6.07) is 2.34. The standard InChI is InChI=1S/C19H30N4O4/c1-15(21-9-11-27-12-10-21)3-5-18(24)22-7-2-8-23-17(14-22)13-16(20-23)4-6-19(25)26/h13,15H,2-12,14H2,1H3,(H,25,26). The van der Waals surface area contributed by atoms with Gasteiger partial charge in [-0.3, -0.25) is 19.2 Å². The summed E-state index contributed by atoms with van der Waals surface area (Å²) < 4.78 is 7.32. The molecule has 0 aromatic carbocycles. The zero-order valence-corrected chi connectivity index (χ0v) is 16.1. The fourth-order valence-corrected chi connectivity index (χ4v) is 3.78. The number of carbonyl (C=O) groups excluding carboxylic acids is 1. The Kier molecular flexibility index (Phi) is 6.84. The Hall–Kier alpha value is -1.93. The molecule has 1 aromatic rings. The molecule has 2 aliphatic heterocycles. The summed E-state index contributed by atoms with van der Waals surface area (Å²) in [6.45, 7) is 7.70. The maximum atomic E-state index is 12.7. The third kappa shape index (κ3) is 5.52. The number of morpholine rings is 1. The number of ether oxygens (including phenoxy) is 1. The molecule has 1 N–H and O–H groups in total. The molecular formula is C19H30N4O4. The zero-order chi connectivity index (χ0) is 19.2. The van der Waals surface area contributed by atoms with Gasteiger partial charge in [0.25, 0.3) is 0 Å². The smallest absolute Gasteiger partial charge is 0.303 e. The lowest BCUT2D eigenvalue weighted by atomic mass is 10.1. The van der Waals surface area contributed by atoms with Crippen LogP contribution in [0, 0.1) is 0 Å². The van der Waals surface area contributed by atoms with E-state index in [1.54, 1.807) is 0 Å². The van der Waals surface area contributed by atoms with Gasteiger partial charge in [0.05, 0.1) is 37.6 Å². The highest BCUT2D eigenvalue weighted by atomic mass is 16.5. The molecule has 150 valence electrons. The van der Waals surface area contributed by atoms with Crippen molar-refractivity contribution in [3.63, 3.8) is 0 Å². The first-order chi connectivity index (χ1) is 13.0. The Bertz CT molecular complexity index is 654. The van der Waals surface area contributed by atoms with Gasteiger partial charge in [-0.05, 0) is 25.8 Å². The van der Waals surface area contributed by atoms with E-state index >= 15 is 0 Å². The van der Waals surface area contributed by atoms with E-state index < -0.39 is 5.97 Å². The molecule has 1 fully saturated rings. The van der Waals surface area contributed by atoms with Crippen LogP contribution in [0.1, 0.15) is 44.0 Å². The first kappa shape index (κ1) is 19.8. The largest absolute Gasteiger partial charge is 0.481 e. The summed E-state index contributed by atoms with van der Waals surface area (Å²) in [4.78, 5) is 27.8. The molecule has 0 radical (unpaired) electrons. The van der Waals surface area contributed by atoms with Crippen molar-refractivity contribution in [2.45, 2.75) is 58.2 Å². The number of aromatic nitrogens is 2. The van der Waals surface area contributed by atoms with E-state index in [0.717, 1.165) is 63.6 Å². The van der Waals surface area contributed by atoms with Gasteiger partial charge in [0.1, 0.15) is 0 Å². The quantitative estimate of drug-likeness (QED) is 0.765. The SMILES string of the molecule is CC(CCC(=O)N1CCCn2nc(CCC(=O)O)cc2C1)N1CCOCC1. The molecule has 1 saturated heterocycles. The van der Waals surface area contributed by atoms with Gasteiger partial charge in [-0.2, -0.15) is 5.10 Å². The molecule has 0 bridgehead atoms. The van der Waals surface area contributed by atoms with Crippen molar-refractivity contribution in [3.8, 4) is 0 Å². The highest BCUT2D eigenvalue weighted by Gasteiger charge is 2.23. The molecule has 1 amide bonds. The van der Waals surface area contributed by atoms with Gasteiger partial charge in [0, 0.05) is 45.1 Å². The van der Waals surface area contributed by atoms with Gasteiger partial charge < -0.3 is 14.7 Å². The first-order valence-electron chi connectivity index (χ1n) is 9.90. The molecule has 1 atom stereocenters. The molecule has 27 heavy (non-hydrogen) atoms. The zero-order valence-electron chi connectivity index (χ0n) is 16.1. The van der Waals surface area contributed by atoms with Crippen LogP contribution in [0.4, 0.5) is 0 Å². The number of hydrogen-bond donors (Lipinski definition) is 1. The minimum atomic E-state index is -0.815. The molecule has 3 heterocycles. The number of carboxylic acid groups (broad SMARTS) is 1. The molecule has 3 rings (SSSR count). The number of fused-ring (bicyclic) bond motifs is 1. The molecule has 2 aliphatic rings. The lowest BCUT2D eigenvalue weighted by Gasteiger charge is -2.32. The molecule has 8 heteroatoms. The van der Waals surface area contributed by atoms with E-state index in [1.807, 2.05) is 15.6 Å². The molecule has 1 unspecified atom stereocenters. The Morgan fingerprint density at radius 2 is 2.00 bits per heavy atom. The summed E-state index contributed by atoms with van der Waals surface area (Å²) in [7, 11) is 0. The fraction of sp³-hybridized carbons (Fsp3) is 0.737. The number of carboxylic acids is 1. The number of aliphatic carboxylic acids is 1. The van der Waals surface area contributed by atoms with E-state index in [4.69, 9.17) is 9.84 Å². The van der Waals surface area contributed by atoms with Crippen LogP contribution in [-0.4, -0.2) is 75.5 Å². The van der Waals surface area contributed by atoms with Gasteiger partial charge in [0.2, 0.25) is 5.91 Å². The average molecular weight is 378 g/mol. The molecule has 0 aliphatic carbocycles. The van der Waals surface area contributed by atoms with Crippen molar-refractivity contribution in [1.82, 2.24) is 19.6 Å². The normalized spacial score (nSPS) is 19.4. The predicted octanol–water partition coefficient (Wildman–Crippen LogP) is 1.13. The van der Waals surface area contributed by atoms with Crippen LogP contribution in [0.5, 0.6) is 0 Å². The van der Waals surface area contributed by atoms with Gasteiger partial charge in [-0.1, -0.05) is 0 Å². The van der Waals surface area contributed by atoms with E-state index in [-0.39, 0.29) is 12.3 Å². The number of aryl methyl sites for hydroxylation is 2. The topological polar surface area (TPSA) is 87.9 Å². The molecule has 0 spiro atoms. The summed E-state index contributed by atoms with van der Waals surface area (Å²) in [5.41, 5.74) is 1.80. The van der Waals surface area contributed by atoms with Crippen molar-refractivity contribution < 1.29 is 19.4 Å². The Morgan fingerprint density at radius 1 is 1.22 bits per heavy atom. The van der Waals surface area contributed by atoms with Crippen molar-refractivity contribution in [2.24, 2.45) is 0 Å². The van der Waals surface area contributed by atoms with Crippen LogP contribution in [0.2, 0.25) is 0 Å². The Labute approximate surface area is 160 Å². The van der Waals surface area contributed by atoms with Crippen molar-refractivity contribution in [1.29, 1.82) is 0 Å². The Balaban J connectivity index is 1.52. The third-order valence-corrected chi connectivity index (χ3v) is 5.46. The predicted molar refractivity (Wildman–Crippen MR) is 99.3 cm³/mol. The monoisotopic (exact) mass is 378 g/mol.